The smallest absolute Gasteiger partial charge is 1.00 e. The molecule has 6 saturated carbocycles. The van der Waals surface area contributed by atoms with Gasteiger partial charge in [-0.15, -0.1) is 0 Å². The van der Waals surface area contributed by atoms with E-state index in [4.69, 9.17) is 15.0 Å². The number of halogens is 2. The second-order valence-electron chi connectivity index (χ2n) is 21.4. The predicted molar refractivity (Wildman–Crippen MR) is 261 cm³/mol. The van der Waals surface area contributed by atoms with Gasteiger partial charge in [0.25, 0.3) is 0 Å². The van der Waals surface area contributed by atoms with Crippen LogP contribution in [0.1, 0.15) is 292 Å². The van der Waals surface area contributed by atoms with Crippen LogP contribution in [-0.4, -0.2) is 16.4 Å². The molecule has 1 heterocycles. The second-order valence-corrected chi connectivity index (χ2v) is 21.4. The average molecular weight is 942 g/mol. The molecule has 9 rings (SSSR count). The first-order valence-corrected chi connectivity index (χ1v) is 26.4. The molecular formula is C58H81Cl2N3V. The van der Waals surface area contributed by atoms with Crippen molar-refractivity contribution in [2.24, 2.45) is 9.98 Å². The van der Waals surface area contributed by atoms with E-state index >= 15 is 0 Å². The number of benzene rings is 2. The molecule has 6 aliphatic rings. The summed E-state index contributed by atoms with van der Waals surface area (Å²) < 4.78 is 0. The molecule has 0 saturated heterocycles. The molecule has 1 aromatic heterocycles. The van der Waals surface area contributed by atoms with E-state index < -0.39 is 0 Å². The number of aromatic nitrogens is 1. The molecule has 3 aromatic rings. The van der Waals surface area contributed by atoms with E-state index in [-0.39, 0.29) is 43.4 Å². The van der Waals surface area contributed by atoms with Gasteiger partial charge < -0.3 is 24.8 Å². The van der Waals surface area contributed by atoms with Gasteiger partial charge in [-0.3, -0.25) is 9.98 Å². The average Bonchev–Trinajstić information content (AvgIpc) is 3.33. The van der Waals surface area contributed by atoms with Crippen LogP contribution in [0.4, 0.5) is 11.4 Å². The first-order chi connectivity index (χ1) is 30.0. The Bertz CT molecular complexity index is 1780. The summed E-state index contributed by atoms with van der Waals surface area (Å²) in [5.41, 5.74) is 17.7. The molecule has 0 atom stereocenters. The van der Waals surface area contributed by atoms with Gasteiger partial charge in [0.05, 0.1) is 34.2 Å². The molecule has 0 unspecified atom stereocenters. The Morgan fingerprint density at radius 2 is 0.609 bits per heavy atom. The van der Waals surface area contributed by atoms with Crippen LogP contribution >= 0.6 is 0 Å². The Balaban J connectivity index is 0.00000227. The van der Waals surface area contributed by atoms with E-state index in [1.807, 2.05) is 0 Å². The molecule has 0 aliphatic heterocycles. The summed E-state index contributed by atoms with van der Waals surface area (Å²) in [4.78, 5) is 17.1. The zero-order chi connectivity index (χ0) is 41.5. The third-order valence-corrected chi connectivity index (χ3v) is 17.0. The zero-order valence-corrected chi connectivity index (χ0v) is 43.1. The monoisotopic (exact) mass is 941 g/mol. The fourth-order valence-corrected chi connectivity index (χ4v) is 13.4. The number of hydrogen-bond acceptors (Lipinski definition) is 3. The molecule has 1 radical (unpaired) electrons. The van der Waals surface area contributed by atoms with Gasteiger partial charge in [0.2, 0.25) is 0 Å². The number of aliphatic imine (C=N–C) groups is 2. The fraction of sp³-hybridized carbons (Fsp3) is 0.672. The summed E-state index contributed by atoms with van der Waals surface area (Å²) in [6, 6.07) is 15.3. The number of rotatable bonds is 10. The Kier molecular flexibility index (Phi) is 20.0. The molecular weight excluding hydrogens is 861 g/mol. The van der Waals surface area contributed by atoms with Crippen LogP contribution in [0.3, 0.4) is 0 Å². The SMILES string of the molecule is CC(=Nc1c(C2CCCCC2)cc(C2CCCCC2)cc1C1CCCCC1)c1cc(C)cc(C(C)=Nc2c(C3CCCCC3)cc(C3CCCCC3)cc2C2CCCCC2)n1.[Cl-].[Cl-].[V+2]. The maximum atomic E-state index is 5.81. The molecule has 2 aromatic carbocycles. The molecule has 6 aliphatic carbocycles. The van der Waals surface area contributed by atoms with Crippen LogP contribution in [0.2, 0.25) is 0 Å². The van der Waals surface area contributed by atoms with Crippen molar-refractivity contribution in [2.45, 2.75) is 249 Å². The van der Waals surface area contributed by atoms with Crippen LogP contribution in [0, 0.1) is 6.92 Å². The third kappa shape index (κ3) is 12.4. The second kappa shape index (κ2) is 24.9. The van der Waals surface area contributed by atoms with Gasteiger partial charge in [-0.2, -0.15) is 0 Å². The Hall–Kier alpha value is -1.91. The number of hydrogen-bond donors (Lipinski definition) is 0. The maximum absolute atomic E-state index is 5.81. The van der Waals surface area contributed by atoms with Crippen LogP contribution in [0.15, 0.2) is 46.4 Å². The van der Waals surface area contributed by atoms with Crippen molar-refractivity contribution in [3.05, 3.63) is 86.7 Å². The summed E-state index contributed by atoms with van der Waals surface area (Å²) in [6.45, 7) is 6.78. The van der Waals surface area contributed by atoms with Crippen molar-refractivity contribution >= 4 is 22.8 Å². The van der Waals surface area contributed by atoms with Gasteiger partial charge in [-0.1, -0.05) is 140 Å². The summed E-state index contributed by atoms with van der Waals surface area (Å²) in [6.07, 6.45) is 40.7. The van der Waals surface area contributed by atoms with Crippen LogP contribution in [-0.2, 0) is 18.6 Å². The minimum absolute atomic E-state index is 0. The predicted octanol–water partition coefficient (Wildman–Crippen LogP) is 12.0. The molecule has 0 N–H and O–H groups in total. The van der Waals surface area contributed by atoms with E-state index in [1.54, 1.807) is 33.4 Å². The third-order valence-electron chi connectivity index (χ3n) is 17.0. The topological polar surface area (TPSA) is 37.6 Å². The largest absolute Gasteiger partial charge is 2.00 e. The van der Waals surface area contributed by atoms with E-state index in [0.29, 0.717) is 23.7 Å². The van der Waals surface area contributed by atoms with Crippen molar-refractivity contribution in [1.82, 2.24) is 4.98 Å². The molecule has 0 spiro atoms. The van der Waals surface area contributed by atoms with E-state index in [9.17, 15) is 0 Å². The van der Waals surface area contributed by atoms with Gasteiger partial charge in [-0.25, -0.2) is 4.98 Å². The molecule has 0 amide bonds. The quantitative estimate of drug-likeness (QED) is 0.187. The van der Waals surface area contributed by atoms with Gasteiger partial charge >= 0.3 is 18.6 Å². The van der Waals surface area contributed by atoms with Crippen molar-refractivity contribution in [2.75, 3.05) is 0 Å². The van der Waals surface area contributed by atoms with Gasteiger partial charge in [0.15, 0.2) is 0 Å². The summed E-state index contributed by atoms with van der Waals surface area (Å²) >= 11 is 0. The van der Waals surface area contributed by atoms with Gasteiger partial charge in [-0.05, 0) is 184 Å². The first-order valence-electron chi connectivity index (χ1n) is 26.4. The summed E-state index contributed by atoms with van der Waals surface area (Å²) in [5, 5.41) is 0. The Morgan fingerprint density at radius 3 is 0.859 bits per heavy atom. The van der Waals surface area contributed by atoms with Gasteiger partial charge in [0, 0.05) is 0 Å². The molecule has 347 valence electrons. The number of aryl methyl sites for hydroxylation is 1. The minimum atomic E-state index is 0. The number of nitrogens with zero attached hydrogens (tertiary/aromatic N) is 3. The molecule has 0 bridgehead atoms. The molecule has 3 nitrogen and oxygen atoms in total. The van der Waals surface area contributed by atoms with Crippen LogP contribution < -0.4 is 24.8 Å². The van der Waals surface area contributed by atoms with Crippen LogP contribution in [0.25, 0.3) is 0 Å². The van der Waals surface area contributed by atoms with Crippen molar-refractivity contribution in [3.63, 3.8) is 0 Å². The Morgan fingerprint density at radius 1 is 0.375 bits per heavy atom. The first kappa shape index (κ1) is 51.5. The van der Waals surface area contributed by atoms with Crippen LogP contribution in [0.5, 0.6) is 0 Å². The van der Waals surface area contributed by atoms with Gasteiger partial charge in [0.1, 0.15) is 0 Å². The van der Waals surface area contributed by atoms with E-state index in [0.717, 1.165) is 34.6 Å². The van der Waals surface area contributed by atoms with E-state index in [1.165, 1.54) is 210 Å². The minimum Gasteiger partial charge on any atom is -1.00 e. The van der Waals surface area contributed by atoms with Crippen molar-refractivity contribution in [1.29, 1.82) is 0 Å². The number of pyridine rings is 1. The maximum Gasteiger partial charge on any atom is 2.00 e. The van der Waals surface area contributed by atoms with Crippen molar-refractivity contribution < 1.29 is 43.4 Å². The fourth-order valence-electron chi connectivity index (χ4n) is 13.4. The normalized spacial score (nSPS) is 22.0. The zero-order valence-electron chi connectivity index (χ0n) is 40.2. The standard InChI is InChI=1S/C58H81N3.2ClH.V/c1-40-34-55(41(2)59-57-51(45-26-14-6-15-27-45)36-49(43-22-10-4-11-23-43)37-52(57)46-28-16-7-17-29-46)61-56(35-40)42(3)60-58-53(47-30-18-8-19-31-47)38-50(44-24-12-5-13-25-44)39-54(58)48-32-20-9-21-33-48;;;/h34-39,43-48H,4-33H2,1-3H3;2*1H;/q;;;+2/p-2. The summed E-state index contributed by atoms with van der Waals surface area (Å²) in [5.74, 6) is 3.96. The summed E-state index contributed by atoms with van der Waals surface area (Å²) in [7, 11) is 0. The molecule has 64 heavy (non-hydrogen) atoms. The molecule has 6 fully saturated rings. The Labute approximate surface area is 414 Å². The van der Waals surface area contributed by atoms with E-state index in [2.05, 4.69) is 57.2 Å². The van der Waals surface area contributed by atoms with Crippen molar-refractivity contribution in [3.8, 4) is 0 Å². The molecule has 6 heteroatoms.